The van der Waals surface area contributed by atoms with Crippen LogP contribution in [0.3, 0.4) is 0 Å². The summed E-state index contributed by atoms with van der Waals surface area (Å²) in [5.74, 6) is -0.357. The third kappa shape index (κ3) is 3.10. The molecule has 90 valence electrons. The zero-order valence-corrected chi connectivity index (χ0v) is 9.14. The molecule has 0 aliphatic rings. The predicted molar refractivity (Wildman–Crippen MR) is 59.2 cm³/mol. The largest absolute Gasteiger partial charge is 0.504 e. The van der Waals surface area contributed by atoms with Crippen molar-refractivity contribution in [2.24, 2.45) is 0 Å². The van der Waals surface area contributed by atoms with E-state index in [9.17, 15) is 5.11 Å². The molecule has 5 heteroatoms. The maximum absolute atomic E-state index is 9.27. The highest BCUT2D eigenvalue weighted by Crippen LogP contribution is 2.24. The average molecular weight is 227 g/mol. The Morgan fingerprint density at radius 1 is 1.12 bits per heavy atom. The molecule has 0 radical (unpaired) electrons. The number of rotatable bonds is 5. The maximum Gasteiger partial charge on any atom is 0.157 e. The standard InChI is InChI=1S/C11H17NO4/c1-11(6-13,7-14)12-5-8-2-3-9(15)10(16)4-8/h2-4,12-16H,5-7H2,1H3. The molecule has 0 aliphatic carbocycles. The van der Waals surface area contributed by atoms with Crippen molar-refractivity contribution >= 4 is 0 Å². The van der Waals surface area contributed by atoms with Crippen molar-refractivity contribution in [1.29, 1.82) is 0 Å². The van der Waals surface area contributed by atoms with Crippen LogP contribution in [0.15, 0.2) is 18.2 Å². The van der Waals surface area contributed by atoms with E-state index in [1.54, 1.807) is 13.0 Å². The molecule has 0 saturated heterocycles. The van der Waals surface area contributed by atoms with Gasteiger partial charge in [0.15, 0.2) is 11.5 Å². The SMILES string of the molecule is CC(CO)(CO)NCc1ccc(O)c(O)c1. The van der Waals surface area contributed by atoms with Crippen molar-refractivity contribution in [3.63, 3.8) is 0 Å². The second-order valence-corrected chi connectivity index (χ2v) is 4.05. The summed E-state index contributed by atoms with van der Waals surface area (Å²) in [6.45, 7) is 1.69. The second-order valence-electron chi connectivity index (χ2n) is 4.05. The fourth-order valence-electron chi connectivity index (χ4n) is 1.16. The second kappa shape index (κ2) is 5.16. The van der Waals surface area contributed by atoms with E-state index in [4.69, 9.17) is 15.3 Å². The van der Waals surface area contributed by atoms with Crippen LogP contribution in [-0.4, -0.2) is 39.2 Å². The van der Waals surface area contributed by atoms with Gasteiger partial charge in [-0.1, -0.05) is 6.07 Å². The van der Waals surface area contributed by atoms with Crippen LogP contribution >= 0.6 is 0 Å². The Morgan fingerprint density at radius 2 is 1.75 bits per heavy atom. The van der Waals surface area contributed by atoms with Gasteiger partial charge in [-0.3, -0.25) is 0 Å². The number of hydrogen-bond acceptors (Lipinski definition) is 5. The van der Waals surface area contributed by atoms with Gasteiger partial charge in [-0.05, 0) is 24.6 Å². The molecular weight excluding hydrogens is 210 g/mol. The minimum Gasteiger partial charge on any atom is -0.504 e. The van der Waals surface area contributed by atoms with Gasteiger partial charge in [-0.15, -0.1) is 0 Å². The summed E-state index contributed by atoms with van der Waals surface area (Å²) < 4.78 is 0. The van der Waals surface area contributed by atoms with Crippen LogP contribution in [-0.2, 0) is 6.54 Å². The molecule has 0 unspecified atom stereocenters. The first-order valence-corrected chi connectivity index (χ1v) is 4.98. The molecule has 0 amide bonds. The third-order valence-electron chi connectivity index (χ3n) is 2.46. The number of nitrogens with one attached hydrogen (secondary N) is 1. The highest BCUT2D eigenvalue weighted by molar-refractivity contribution is 5.40. The van der Waals surface area contributed by atoms with E-state index < -0.39 is 5.54 Å². The fourth-order valence-corrected chi connectivity index (χ4v) is 1.16. The Bertz CT molecular complexity index is 350. The van der Waals surface area contributed by atoms with E-state index in [1.807, 2.05) is 0 Å². The molecule has 1 aromatic rings. The lowest BCUT2D eigenvalue weighted by atomic mass is 10.0. The van der Waals surface area contributed by atoms with Gasteiger partial charge in [-0.25, -0.2) is 0 Å². The number of phenolic OH excluding ortho intramolecular Hbond substituents is 2. The van der Waals surface area contributed by atoms with Gasteiger partial charge in [0.2, 0.25) is 0 Å². The van der Waals surface area contributed by atoms with Gasteiger partial charge >= 0.3 is 0 Å². The minimum absolute atomic E-state index is 0.171. The van der Waals surface area contributed by atoms with Crippen LogP contribution in [0.4, 0.5) is 0 Å². The summed E-state index contributed by atoms with van der Waals surface area (Å²) in [6, 6.07) is 4.47. The lowest BCUT2D eigenvalue weighted by Gasteiger charge is -2.26. The molecule has 16 heavy (non-hydrogen) atoms. The summed E-state index contributed by atoms with van der Waals surface area (Å²) in [7, 11) is 0. The van der Waals surface area contributed by atoms with Crippen LogP contribution in [0.2, 0.25) is 0 Å². The van der Waals surface area contributed by atoms with Crippen LogP contribution in [0, 0.1) is 0 Å². The molecule has 0 fully saturated rings. The van der Waals surface area contributed by atoms with E-state index in [0.717, 1.165) is 5.56 Å². The van der Waals surface area contributed by atoms with E-state index >= 15 is 0 Å². The van der Waals surface area contributed by atoms with E-state index in [1.165, 1.54) is 12.1 Å². The van der Waals surface area contributed by atoms with Gasteiger partial charge in [-0.2, -0.15) is 0 Å². The number of phenols is 2. The molecule has 0 heterocycles. The molecule has 5 N–H and O–H groups in total. The van der Waals surface area contributed by atoms with E-state index in [0.29, 0.717) is 6.54 Å². The van der Waals surface area contributed by atoms with Gasteiger partial charge in [0, 0.05) is 6.54 Å². The predicted octanol–water partition coefficient (Wildman–Crippen LogP) is -0.0693. The fraction of sp³-hybridized carbons (Fsp3) is 0.455. The summed E-state index contributed by atoms with van der Waals surface area (Å²) in [4.78, 5) is 0. The maximum atomic E-state index is 9.27. The molecule has 0 bridgehead atoms. The quantitative estimate of drug-likeness (QED) is 0.454. The number of aromatic hydroxyl groups is 2. The molecule has 0 spiro atoms. The summed E-state index contributed by atoms with van der Waals surface area (Å²) >= 11 is 0. The number of hydrogen-bond donors (Lipinski definition) is 5. The summed E-state index contributed by atoms with van der Waals surface area (Å²) in [5.41, 5.74) is -0.00327. The lowest BCUT2D eigenvalue weighted by Crippen LogP contribution is -2.48. The smallest absolute Gasteiger partial charge is 0.157 e. The van der Waals surface area contributed by atoms with Crippen molar-refractivity contribution in [3.8, 4) is 11.5 Å². The highest BCUT2D eigenvalue weighted by atomic mass is 16.3. The van der Waals surface area contributed by atoms with Crippen molar-refractivity contribution in [2.45, 2.75) is 19.0 Å². The Balaban J connectivity index is 2.64. The Kier molecular flexibility index (Phi) is 4.12. The molecule has 0 saturated carbocycles. The third-order valence-corrected chi connectivity index (χ3v) is 2.46. The van der Waals surface area contributed by atoms with Crippen molar-refractivity contribution in [2.75, 3.05) is 13.2 Å². The van der Waals surface area contributed by atoms with Crippen molar-refractivity contribution in [1.82, 2.24) is 5.32 Å². The monoisotopic (exact) mass is 227 g/mol. The molecule has 1 rings (SSSR count). The van der Waals surface area contributed by atoms with Crippen LogP contribution in [0.25, 0.3) is 0 Å². The Labute approximate surface area is 94.0 Å². The molecular formula is C11H17NO4. The topological polar surface area (TPSA) is 93.0 Å². The van der Waals surface area contributed by atoms with Gasteiger partial charge in [0.1, 0.15) is 0 Å². The first-order valence-electron chi connectivity index (χ1n) is 4.98. The first kappa shape index (κ1) is 12.8. The molecule has 0 aliphatic heterocycles. The molecule has 0 atom stereocenters. The van der Waals surface area contributed by atoms with Gasteiger partial charge < -0.3 is 25.7 Å². The minimum atomic E-state index is -0.756. The zero-order chi connectivity index (χ0) is 12.2. The normalized spacial score (nSPS) is 11.7. The molecule has 1 aromatic carbocycles. The van der Waals surface area contributed by atoms with Gasteiger partial charge in [0.25, 0.3) is 0 Å². The van der Waals surface area contributed by atoms with Crippen molar-refractivity contribution < 1.29 is 20.4 Å². The number of benzene rings is 1. The number of aliphatic hydroxyl groups excluding tert-OH is 2. The van der Waals surface area contributed by atoms with Crippen LogP contribution in [0.5, 0.6) is 11.5 Å². The lowest BCUT2D eigenvalue weighted by molar-refractivity contribution is 0.103. The molecule has 0 aromatic heterocycles. The Hall–Kier alpha value is -1.30. The summed E-state index contributed by atoms with van der Waals surface area (Å²) in [5, 5.41) is 39.4. The van der Waals surface area contributed by atoms with Crippen LogP contribution < -0.4 is 5.32 Å². The molecule has 5 nitrogen and oxygen atoms in total. The van der Waals surface area contributed by atoms with E-state index in [-0.39, 0.29) is 24.7 Å². The van der Waals surface area contributed by atoms with Gasteiger partial charge in [0.05, 0.1) is 18.8 Å². The summed E-state index contributed by atoms with van der Waals surface area (Å²) in [6.07, 6.45) is 0. The zero-order valence-electron chi connectivity index (χ0n) is 9.14. The highest BCUT2D eigenvalue weighted by Gasteiger charge is 2.21. The first-order chi connectivity index (χ1) is 7.50. The average Bonchev–Trinajstić information content (AvgIpc) is 2.30. The van der Waals surface area contributed by atoms with Crippen LogP contribution in [0.1, 0.15) is 12.5 Å². The number of aliphatic hydroxyl groups is 2. The Morgan fingerprint density at radius 3 is 2.25 bits per heavy atom. The van der Waals surface area contributed by atoms with Crippen molar-refractivity contribution in [3.05, 3.63) is 23.8 Å². The van der Waals surface area contributed by atoms with E-state index in [2.05, 4.69) is 5.32 Å².